The molecule has 1 aliphatic rings. The van der Waals surface area contributed by atoms with E-state index in [-0.39, 0.29) is 11.8 Å². The van der Waals surface area contributed by atoms with Crippen molar-refractivity contribution in [2.45, 2.75) is 25.7 Å². The summed E-state index contributed by atoms with van der Waals surface area (Å²) in [4.78, 5) is 25.8. The van der Waals surface area contributed by atoms with Gasteiger partial charge in [0.2, 0.25) is 5.91 Å². The zero-order valence-corrected chi connectivity index (χ0v) is 20.0. The second kappa shape index (κ2) is 8.99. The van der Waals surface area contributed by atoms with Crippen molar-refractivity contribution in [2.75, 3.05) is 33.7 Å². The topological polar surface area (TPSA) is 78.0 Å². The van der Waals surface area contributed by atoms with E-state index >= 15 is 0 Å². The van der Waals surface area contributed by atoms with Crippen LogP contribution in [-0.2, 0) is 11.2 Å². The predicted octanol–water partition coefficient (Wildman–Crippen LogP) is 4.09. The van der Waals surface area contributed by atoms with Crippen molar-refractivity contribution in [3.8, 4) is 11.1 Å². The molecule has 0 bridgehead atoms. The number of nitrogens with zero attached hydrogens (tertiary/aromatic N) is 5. The minimum Gasteiger partial charge on any atom is -0.338 e. The lowest BCUT2D eigenvalue weighted by Crippen LogP contribution is -2.48. The number of nitrogens with one attached hydrogen (secondary N) is 1. The number of aryl methyl sites for hydroxylation is 2. The van der Waals surface area contributed by atoms with Gasteiger partial charge in [0.25, 0.3) is 0 Å². The Hall–Kier alpha value is -3.58. The molecule has 1 N–H and O–H groups in total. The first-order valence-corrected chi connectivity index (χ1v) is 11.7. The van der Waals surface area contributed by atoms with Crippen molar-refractivity contribution < 1.29 is 4.79 Å². The van der Waals surface area contributed by atoms with Crippen molar-refractivity contribution in [3.63, 3.8) is 0 Å². The molecule has 0 spiro atoms. The van der Waals surface area contributed by atoms with Crippen LogP contribution in [0.1, 0.15) is 29.4 Å². The van der Waals surface area contributed by atoms with E-state index in [9.17, 15) is 4.79 Å². The fraction of sp³-hybridized carbons (Fsp3) is 0.333. The average Bonchev–Trinajstić information content (AvgIpc) is 3.26. The number of carbonyl (C=O) groups is 1. The molecule has 1 aliphatic heterocycles. The number of benzene rings is 2. The molecular weight excluding hydrogens is 424 g/mol. The number of likely N-dealkylation sites (tertiary alicyclic amines) is 1. The summed E-state index contributed by atoms with van der Waals surface area (Å²) in [6.07, 6.45) is 5.16. The Morgan fingerprint density at radius 3 is 2.79 bits per heavy atom. The summed E-state index contributed by atoms with van der Waals surface area (Å²) >= 11 is 0. The molecule has 0 aliphatic carbocycles. The van der Waals surface area contributed by atoms with E-state index in [1.165, 1.54) is 17.2 Å². The first-order chi connectivity index (χ1) is 16.4. The van der Waals surface area contributed by atoms with Crippen molar-refractivity contribution in [1.29, 1.82) is 0 Å². The van der Waals surface area contributed by atoms with E-state index in [1.54, 1.807) is 4.90 Å². The van der Waals surface area contributed by atoms with Crippen molar-refractivity contribution in [3.05, 3.63) is 66.3 Å². The summed E-state index contributed by atoms with van der Waals surface area (Å²) < 4.78 is 0. The number of hydrogen-bond acceptors (Lipinski definition) is 5. The van der Waals surface area contributed by atoms with E-state index in [0.29, 0.717) is 13.1 Å². The Balaban J connectivity index is 1.56. The molecule has 0 atom stereocenters. The maximum atomic E-state index is 11.9. The molecule has 174 valence electrons. The molecule has 2 aromatic heterocycles. The van der Waals surface area contributed by atoms with E-state index in [2.05, 4.69) is 73.0 Å². The van der Waals surface area contributed by atoms with Crippen LogP contribution in [0, 0.1) is 6.92 Å². The molecule has 1 fully saturated rings. The number of hydrogen-bond donors (Lipinski definition) is 1. The van der Waals surface area contributed by atoms with Gasteiger partial charge in [0.05, 0.1) is 28.8 Å². The van der Waals surface area contributed by atoms with Crippen LogP contribution in [0.3, 0.4) is 0 Å². The third kappa shape index (κ3) is 4.07. The van der Waals surface area contributed by atoms with Gasteiger partial charge < -0.3 is 9.80 Å². The number of aromatic nitrogens is 4. The van der Waals surface area contributed by atoms with Gasteiger partial charge in [-0.1, -0.05) is 18.7 Å². The van der Waals surface area contributed by atoms with Gasteiger partial charge in [-0.05, 0) is 81.4 Å². The largest absolute Gasteiger partial charge is 0.338 e. The maximum absolute atomic E-state index is 11.9. The van der Waals surface area contributed by atoms with Crippen LogP contribution < -0.4 is 0 Å². The number of fused-ring (bicyclic) bond motifs is 2. The minimum atomic E-state index is -0.0309. The van der Waals surface area contributed by atoms with Crippen molar-refractivity contribution in [1.82, 2.24) is 30.0 Å². The summed E-state index contributed by atoms with van der Waals surface area (Å²) in [6.45, 7) is 8.01. The Bertz CT molecular complexity index is 1380. The lowest BCUT2D eigenvalue weighted by atomic mass is 9.94. The highest BCUT2D eigenvalue weighted by molar-refractivity contribution is 5.98. The maximum Gasteiger partial charge on any atom is 0.246 e. The summed E-state index contributed by atoms with van der Waals surface area (Å²) in [5.74, 6) is 0.973. The van der Waals surface area contributed by atoms with Gasteiger partial charge in [-0.15, -0.1) is 0 Å². The predicted molar refractivity (Wildman–Crippen MR) is 136 cm³/mol. The molecule has 7 heteroatoms. The molecule has 0 saturated carbocycles. The second-order valence-electron chi connectivity index (χ2n) is 9.40. The van der Waals surface area contributed by atoms with Crippen LogP contribution in [0.25, 0.3) is 32.9 Å². The summed E-state index contributed by atoms with van der Waals surface area (Å²) in [5.41, 5.74) is 6.61. The van der Waals surface area contributed by atoms with Gasteiger partial charge in [0, 0.05) is 23.9 Å². The highest BCUT2D eigenvalue weighted by Gasteiger charge is 2.33. The number of H-pyrrole nitrogens is 1. The minimum absolute atomic E-state index is 0.0309. The number of rotatable bonds is 7. The van der Waals surface area contributed by atoms with E-state index < -0.39 is 0 Å². The number of carbonyl (C=O) groups excluding carboxylic acids is 1. The molecule has 7 nitrogen and oxygen atoms in total. The summed E-state index contributed by atoms with van der Waals surface area (Å²) in [5, 5.41) is 9.54. The zero-order chi connectivity index (χ0) is 23.8. The molecule has 4 aromatic rings. The van der Waals surface area contributed by atoms with E-state index in [1.807, 2.05) is 6.20 Å². The lowest BCUT2D eigenvalue weighted by Gasteiger charge is -2.37. The number of amides is 1. The van der Waals surface area contributed by atoms with Gasteiger partial charge in [0.15, 0.2) is 0 Å². The third-order valence-corrected chi connectivity index (χ3v) is 6.67. The highest BCUT2D eigenvalue weighted by Crippen LogP contribution is 2.34. The molecular formula is C27H30N6O. The highest BCUT2D eigenvalue weighted by atomic mass is 16.2. The van der Waals surface area contributed by atoms with Gasteiger partial charge in [0.1, 0.15) is 5.82 Å². The van der Waals surface area contributed by atoms with Crippen LogP contribution in [0.2, 0.25) is 0 Å². The first kappa shape index (κ1) is 22.2. The van der Waals surface area contributed by atoms with Crippen molar-refractivity contribution >= 4 is 27.7 Å². The second-order valence-corrected chi connectivity index (χ2v) is 9.40. The fourth-order valence-electron chi connectivity index (χ4n) is 4.76. The van der Waals surface area contributed by atoms with Crippen LogP contribution in [-0.4, -0.2) is 69.6 Å². The molecule has 3 heterocycles. The SMILES string of the molecule is C=CC(=O)N1CC(c2nc(CCCN(C)C)c3cc(-c4c(C)ccc5[nH]ncc45)ccc3n2)C1. The molecule has 34 heavy (non-hydrogen) atoms. The van der Waals surface area contributed by atoms with E-state index in [4.69, 9.17) is 9.97 Å². The fourth-order valence-corrected chi connectivity index (χ4v) is 4.76. The zero-order valence-electron chi connectivity index (χ0n) is 20.0. The third-order valence-electron chi connectivity index (χ3n) is 6.67. The first-order valence-electron chi connectivity index (χ1n) is 11.7. The van der Waals surface area contributed by atoms with Crippen LogP contribution >= 0.6 is 0 Å². The molecule has 5 rings (SSSR count). The average molecular weight is 455 g/mol. The molecule has 1 saturated heterocycles. The van der Waals surface area contributed by atoms with Crippen LogP contribution in [0.15, 0.2) is 49.2 Å². The van der Waals surface area contributed by atoms with Crippen LogP contribution in [0.4, 0.5) is 0 Å². The monoisotopic (exact) mass is 454 g/mol. The van der Waals surface area contributed by atoms with E-state index in [0.717, 1.165) is 58.3 Å². The smallest absolute Gasteiger partial charge is 0.246 e. The molecule has 2 aromatic carbocycles. The number of aromatic amines is 1. The summed E-state index contributed by atoms with van der Waals surface area (Å²) in [6, 6.07) is 10.7. The molecule has 0 unspecified atom stereocenters. The molecule has 0 radical (unpaired) electrons. The van der Waals surface area contributed by atoms with Gasteiger partial charge in [-0.3, -0.25) is 9.89 Å². The standard InChI is InChI=1S/C27H30N6O/c1-5-25(34)33-15-19(16-33)27-29-22(7-6-12-32(3)4)20-13-18(9-11-23(20)30-27)26-17(2)8-10-24-21(26)14-28-31-24/h5,8-11,13-14,19H,1,6-7,12,15-16H2,2-4H3,(H,28,31). The van der Waals surface area contributed by atoms with Gasteiger partial charge in [-0.2, -0.15) is 5.10 Å². The summed E-state index contributed by atoms with van der Waals surface area (Å²) in [7, 11) is 4.19. The Morgan fingerprint density at radius 2 is 2.03 bits per heavy atom. The van der Waals surface area contributed by atoms with Crippen molar-refractivity contribution in [2.24, 2.45) is 0 Å². The van der Waals surface area contributed by atoms with Gasteiger partial charge >= 0.3 is 0 Å². The quantitative estimate of drug-likeness (QED) is 0.426. The Kier molecular flexibility index (Phi) is 5.87. The van der Waals surface area contributed by atoms with Gasteiger partial charge in [-0.25, -0.2) is 9.97 Å². The normalized spacial score (nSPS) is 14.2. The lowest BCUT2D eigenvalue weighted by molar-refractivity contribution is -0.130. The Morgan fingerprint density at radius 1 is 1.21 bits per heavy atom. The molecule has 1 amide bonds. The van der Waals surface area contributed by atoms with Crippen LogP contribution in [0.5, 0.6) is 0 Å². The Labute approximate surface area is 199 Å².